The number of aliphatic hydroxyl groups is 1. The Balaban J connectivity index is 2.23. The Morgan fingerprint density at radius 2 is 2.12 bits per heavy atom. The molecular weight excluding hydrogens is 340 g/mol. The number of nitrogens with one attached hydrogen (secondary N) is 2. The highest BCUT2D eigenvalue weighted by molar-refractivity contribution is 5.77. The van der Waals surface area contributed by atoms with Crippen molar-refractivity contribution in [3.63, 3.8) is 0 Å². The summed E-state index contributed by atoms with van der Waals surface area (Å²) in [6.07, 6.45) is 0.107. The van der Waals surface area contributed by atoms with Crippen molar-refractivity contribution in [2.45, 2.75) is 31.8 Å². The molecule has 4 N–H and O–H groups in total. The molecule has 0 aliphatic heterocycles. The monoisotopic (exact) mass is 362 g/mol. The number of esters is 1. The predicted octanol–water partition coefficient (Wildman–Crippen LogP) is 1.04. The van der Waals surface area contributed by atoms with Crippen molar-refractivity contribution in [1.82, 2.24) is 10.2 Å². The molecule has 1 heterocycles. The summed E-state index contributed by atoms with van der Waals surface area (Å²) in [6.45, 7) is 3.39. The maximum atomic E-state index is 12.7. The molecule has 8 nitrogen and oxygen atoms in total. The van der Waals surface area contributed by atoms with E-state index in [1.807, 2.05) is 0 Å². The molecule has 0 bridgehead atoms. The number of carbonyl (C=O) groups is 1. The van der Waals surface area contributed by atoms with Gasteiger partial charge in [-0.05, 0) is 31.5 Å². The maximum absolute atomic E-state index is 12.7. The molecule has 8 heteroatoms. The second-order valence-corrected chi connectivity index (χ2v) is 6.64. The average molecular weight is 362 g/mol. The van der Waals surface area contributed by atoms with Crippen molar-refractivity contribution >= 4 is 5.97 Å². The first kappa shape index (κ1) is 18.1. The van der Waals surface area contributed by atoms with E-state index in [2.05, 4.69) is 10.2 Å². The van der Waals surface area contributed by atoms with E-state index in [1.165, 1.54) is 13.2 Å². The third kappa shape index (κ3) is 2.86. The molecule has 0 amide bonds. The number of methoxy groups -OCH3 is 1. The molecule has 1 aliphatic rings. The number of aromatic nitrogens is 2. The third-order valence-corrected chi connectivity index (χ3v) is 4.85. The van der Waals surface area contributed by atoms with E-state index in [0.29, 0.717) is 16.8 Å². The summed E-state index contributed by atoms with van der Waals surface area (Å²) in [5.41, 5.74) is -0.314. The van der Waals surface area contributed by atoms with Gasteiger partial charge in [0.25, 0.3) is 5.56 Å². The Morgan fingerprint density at radius 1 is 1.38 bits per heavy atom. The summed E-state index contributed by atoms with van der Waals surface area (Å²) >= 11 is 0. The molecule has 140 valence electrons. The van der Waals surface area contributed by atoms with Crippen LogP contribution in [-0.2, 0) is 16.0 Å². The number of benzene rings is 1. The highest BCUT2D eigenvalue weighted by Gasteiger charge is 2.51. The topological polar surface area (TPSA) is 125 Å². The number of rotatable bonds is 4. The molecule has 3 rings (SSSR count). The minimum absolute atomic E-state index is 0.0605. The molecule has 0 unspecified atom stereocenters. The van der Waals surface area contributed by atoms with Crippen LogP contribution >= 0.6 is 0 Å². The van der Waals surface area contributed by atoms with E-state index < -0.39 is 23.4 Å². The van der Waals surface area contributed by atoms with Crippen LogP contribution in [0.1, 0.15) is 36.6 Å². The number of fused-ring (bicyclic) bond motifs is 1. The van der Waals surface area contributed by atoms with Crippen LogP contribution in [0, 0.1) is 5.92 Å². The van der Waals surface area contributed by atoms with Crippen LogP contribution in [0.3, 0.4) is 0 Å². The summed E-state index contributed by atoms with van der Waals surface area (Å²) < 4.78 is 10.3. The second-order valence-electron chi connectivity index (χ2n) is 6.64. The van der Waals surface area contributed by atoms with Gasteiger partial charge in [-0.15, -0.1) is 0 Å². The Morgan fingerprint density at radius 3 is 2.77 bits per heavy atom. The molecule has 1 aliphatic carbocycles. The number of hydrogen-bond acceptors (Lipinski definition) is 6. The van der Waals surface area contributed by atoms with E-state index in [9.17, 15) is 19.8 Å². The summed E-state index contributed by atoms with van der Waals surface area (Å²) in [6, 6.07) is 4.59. The molecule has 0 spiro atoms. The molecule has 0 radical (unpaired) electrons. The van der Waals surface area contributed by atoms with Crippen LogP contribution in [0.5, 0.6) is 11.5 Å². The lowest BCUT2D eigenvalue weighted by molar-refractivity contribution is -0.159. The fraction of sp³-hybridized carbons (Fsp3) is 0.444. The molecule has 1 aromatic heterocycles. The van der Waals surface area contributed by atoms with E-state index in [0.717, 1.165) is 0 Å². The maximum Gasteiger partial charge on any atom is 0.312 e. The third-order valence-electron chi connectivity index (χ3n) is 4.85. The molecular formula is C18H22N2O6. The smallest absolute Gasteiger partial charge is 0.312 e. The van der Waals surface area contributed by atoms with Gasteiger partial charge in [0.15, 0.2) is 11.5 Å². The highest BCUT2D eigenvalue weighted by atomic mass is 16.5. The molecule has 26 heavy (non-hydrogen) atoms. The number of aromatic amines is 2. The zero-order valence-electron chi connectivity index (χ0n) is 14.8. The number of H-pyrrole nitrogens is 2. The van der Waals surface area contributed by atoms with Crippen LogP contribution in [0.2, 0.25) is 0 Å². The number of phenols is 1. The minimum Gasteiger partial charge on any atom is -0.504 e. The number of phenolic OH excluding ortho intramolecular Hbond substituents is 1. The van der Waals surface area contributed by atoms with Crippen molar-refractivity contribution in [2.24, 2.45) is 5.92 Å². The normalized spacial score (nSPS) is 24.8. The summed E-state index contributed by atoms with van der Waals surface area (Å²) in [5, 5.41) is 26.2. The van der Waals surface area contributed by atoms with Crippen molar-refractivity contribution in [3.05, 3.63) is 45.4 Å². The van der Waals surface area contributed by atoms with Crippen LogP contribution < -0.4 is 10.3 Å². The zero-order chi connectivity index (χ0) is 19.1. The van der Waals surface area contributed by atoms with Gasteiger partial charge >= 0.3 is 5.97 Å². The molecule has 0 saturated heterocycles. The quantitative estimate of drug-likeness (QED) is 0.602. The fourth-order valence-electron chi connectivity index (χ4n) is 3.73. The van der Waals surface area contributed by atoms with Crippen LogP contribution in [-0.4, -0.2) is 45.7 Å². The van der Waals surface area contributed by atoms with Crippen LogP contribution in [0.4, 0.5) is 0 Å². The lowest BCUT2D eigenvalue weighted by Gasteiger charge is -2.40. The van der Waals surface area contributed by atoms with Gasteiger partial charge in [0.2, 0.25) is 0 Å². The van der Waals surface area contributed by atoms with Gasteiger partial charge in [0.05, 0.1) is 25.2 Å². The number of ether oxygens (including phenoxy) is 2. The fourth-order valence-corrected chi connectivity index (χ4v) is 3.73. The van der Waals surface area contributed by atoms with E-state index in [1.54, 1.807) is 26.0 Å². The van der Waals surface area contributed by atoms with Crippen LogP contribution in [0.15, 0.2) is 23.0 Å². The lowest BCUT2D eigenvalue weighted by atomic mass is 9.66. The number of carbonyl (C=O) groups excluding carboxylic acids is 1. The minimum atomic E-state index is -1.43. The van der Waals surface area contributed by atoms with Gasteiger partial charge in [-0.3, -0.25) is 14.7 Å². The molecule has 0 fully saturated rings. The first-order chi connectivity index (χ1) is 12.3. The SMILES string of the molecule is CCOC(=O)[C@@H]1[C@@H](c2ccc(O)c(OC)c2)c2c([nH][nH]c2=O)C[C@]1(C)O. The summed E-state index contributed by atoms with van der Waals surface area (Å²) in [4.78, 5) is 25.1. The van der Waals surface area contributed by atoms with E-state index in [-0.39, 0.29) is 30.1 Å². The first-order valence-corrected chi connectivity index (χ1v) is 8.35. The van der Waals surface area contributed by atoms with Gasteiger partial charge in [0, 0.05) is 23.6 Å². The molecule has 3 atom stereocenters. The number of hydrogen-bond donors (Lipinski definition) is 4. The first-order valence-electron chi connectivity index (χ1n) is 8.35. The van der Waals surface area contributed by atoms with Gasteiger partial charge in [-0.2, -0.15) is 0 Å². The second kappa shape index (κ2) is 6.53. The van der Waals surface area contributed by atoms with E-state index in [4.69, 9.17) is 9.47 Å². The highest BCUT2D eigenvalue weighted by Crippen LogP contribution is 2.45. The Hall–Kier alpha value is -2.74. The van der Waals surface area contributed by atoms with Crippen molar-refractivity contribution in [3.8, 4) is 11.5 Å². The van der Waals surface area contributed by atoms with Gasteiger partial charge in [0.1, 0.15) is 0 Å². The van der Waals surface area contributed by atoms with Crippen molar-refractivity contribution < 1.29 is 24.5 Å². The lowest BCUT2D eigenvalue weighted by Crippen LogP contribution is -2.50. The number of aromatic hydroxyl groups is 1. The van der Waals surface area contributed by atoms with Gasteiger partial charge in [-0.1, -0.05) is 6.07 Å². The van der Waals surface area contributed by atoms with Crippen molar-refractivity contribution in [1.29, 1.82) is 0 Å². The van der Waals surface area contributed by atoms with E-state index >= 15 is 0 Å². The molecule has 2 aromatic rings. The largest absolute Gasteiger partial charge is 0.504 e. The Kier molecular flexibility index (Phi) is 4.53. The molecule has 0 saturated carbocycles. The average Bonchev–Trinajstić information content (AvgIpc) is 2.93. The summed E-state index contributed by atoms with van der Waals surface area (Å²) in [5.74, 6) is -2.17. The summed E-state index contributed by atoms with van der Waals surface area (Å²) in [7, 11) is 1.41. The zero-order valence-corrected chi connectivity index (χ0v) is 14.8. The van der Waals surface area contributed by atoms with Crippen molar-refractivity contribution in [2.75, 3.05) is 13.7 Å². The predicted molar refractivity (Wildman–Crippen MR) is 92.4 cm³/mol. The van der Waals surface area contributed by atoms with Gasteiger partial charge in [-0.25, -0.2) is 0 Å². The van der Waals surface area contributed by atoms with Gasteiger partial charge < -0.3 is 24.8 Å². The molecule has 1 aromatic carbocycles. The Bertz CT molecular complexity index is 882. The van der Waals surface area contributed by atoms with Crippen LogP contribution in [0.25, 0.3) is 0 Å². The Labute approximate surface area is 149 Å². The standard InChI is InChI=1S/C18H22N2O6/c1-4-26-17(23)15-13(9-5-6-11(21)12(7-9)25-3)14-10(8-18(15,2)24)19-20-16(14)22/h5-7,13,15,21,24H,4,8H2,1-3H3,(H2,19,20,22)/t13-,15-,18-/m0/s1.